The Balaban J connectivity index is 2.29. The van der Waals surface area contributed by atoms with Gasteiger partial charge in [-0.1, -0.05) is 12.1 Å². The van der Waals surface area contributed by atoms with Gasteiger partial charge in [-0.3, -0.25) is 0 Å². The molecule has 0 radical (unpaired) electrons. The molecule has 2 nitrogen and oxygen atoms in total. The molecule has 2 aromatic rings. The summed E-state index contributed by atoms with van der Waals surface area (Å²) in [6.45, 7) is 0. The first-order valence-corrected chi connectivity index (χ1v) is 4.85. The Morgan fingerprint density at radius 1 is 1.27 bits per heavy atom. The van der Waals surface area contributed by atoms with Gasteiger partial charge in [0.15, 0.2) is 0 Å². The van der Waals surface area contributed by atoms with E-state index in [1.165, 1.54) is 0 Å². The van der Waals surface area contributed by atoms with Crippen LogP contribution >= 0.6 is 0 Å². The third-order valence-corrected chi connectivity index (χ3v) is 2.41. The largest absolute Gasteiger partial charge is 0.497 e. The Labute approximate surface area is 89.1 Å². The van der Waals surface area contributed by atoms with Crippen molar-refractivity contribution < 1.29 is 9.84 Å². The number of rotatable bonds is 3. The van der Waals surface area contributed by atoms with Crippen molar-refractivity contribution in [2.75, 3.05) is 7.11 Å². The highest BCUT2D eigenvalue weighted by Crippen LogP contribution is 2.24. The maximum atomic E-state index is 10.0. The molecular weight excluding hydrogens is 188 g/mol. The molecule has 0 aliphatic carbocycles. The Kier molecular flexibility index (Phi) is 2.79. The van der Waals surface area contributed by atoms with Crippen LogP contribution in [0.1, 0.15) is 17.2 Å². The van der Waals surface area contributed by atoms with Crippen molar-refractivity contribution in [3.05, 3.63) is 59.7 Å². The lowest BCUT2D eigenvalue weighted by Gasteiger charge is -2.15. The van der Waals surface area contributed by atoms with Gasteiger partial charge in [0.2, 0.25) is 0 Å². The van der Waals surface area contributed by atoms with Crippen LogP contribution < -0.4 is 4.74 Å². The van der Waals surface area contributed by atoms with Gasteiger partial charge in [0.05, 0.1) is 13.2 Å². The van der Waals surface area contributed by atoms with E-state index in [2.05, 4.69) is 0 Å². The van der Waals surface area contributed by atoms with Gasteiger partial charge in [0, 0.05) is 0 Å². The highest BCUT2D eigenvalue weighted by Gasteiger charge is 2.05. The average Bonchev–Trinajstić information content (AvgIpc) is 2.81. The minimum atomic E-state index is -0.574. The molecule has 0 heterocycles. The zero-order chi connectivity index (χ0) is 10.7. The van der Waals surface area contributed by atoms with E-state index < -0.39 is 6.10 Å². The molecule has 0 aliphatic heterocycles. The lowest BCUT2D eigenvalue weighted by molar-refractivity contribution is 0.220. The minimum absolute atomic E-state index is 0.574. The number of aliphatic hydroxyl groups is 1. The maximum Gasteiger partial charge on any atom is 0.119 e. The van der Waals surface area contributed by atoms with Crippen LogP contribution in [0.5, 0.6) is 5.75 Å². The molecule has 2 aromatic carbocycles. The lowest BCUT2D eigenvalue weighted by Crippen LogP contribution is -1.98. The summed E-state index contributed by atoms with van der Waals surface area (Å²) in [4.78, 5) is 0. The van der Waals surface area contributed by atoms with E-state index in [1.807, 2.05) is 48.5 Å². The maximum absolute atomic E-state index is 10.0. The van der Waals surface area contributed by atoms with Crippen LogP contribution in [0.2, 0.25) is 0 Å². The van der Waals surface area contributed by atoms with Crippen molar-refractivity contribution in [2.24, 2.45) is 0 Å². The van der Waals surface area contributed by atoms with E-state index in [4.69, 9.17) is 4.74 Å². The molecule has 2 heteroatoms. The van der Waals surface area contributed by atoms with Crippen molar-refractivity contribution in [3.63, 3.8) is 0 Å². The Bertz CT molecular complexity index is 418. The second kappa shape index (κ2) is 4.24. The van der Waals surface area contributed by atoms with Crippen LogP contribution in [0.25, 0.3) is 0 Å². The zero-order valence-electron chi connectivity index (χ0n) is 8.55. The molecule has 0 bridgehead atoms. The molecule has 0 saturated heterocycles. The topological polar surface area (TPSA) is 29.5 Å². The Morgan fingerprint density at radius 3 is 2.80 bits per heavy atom. The fraction of sp³-hybridized carbons (Fsp3) is 0.154. The highest BCUT2D eigenvalue weighted by molar-refractivity contribution is 5.35. The summed E-state index contributed by atoms with van der Waals surface area (Å²) in [5.41, 5.74) is 1.75. The minimum Gasteiger partial charge on any atom is -0.497 e. The fourth-order valence-electron chi connectivity index (χ4n) is 1.58. The first-order chi connectivity index (χ1) is 7.31. The molecule has 0 saturated carbocycles. The molecule has 2 rings (SSSR count). The van der Waals surface area contributed by atoms with E-state index in [1.54, 1.807) is 7.11 Å². The smallest absolute Gasteiger partial charge is 0.119 e. The summed E-state index contributed by atoms with van der Waals surface area (Å²) < 4.78 is 5.11. The van der Waals surface area contributed by atoms with Crippen molar-refractivity contribution in [3.8, 4) is 5.75 Å². The molecule has 1 unspecified atom stereocenters. The van der Waals surface area contributed by atoms with Gasteiger partial charge >= 0.3 is 0 Å². The molecule has 1 N–H and O–H groups in total. The molecule has 0 aromatic heterocycles. The average molecular weight is 201 g/mol. The number of methoxy groups -OCH3 is 1. The predicted molar refractivity (Wildman–Crippen MR) is 59.1 cm³/mol. The van der Waals surface area contributed by atoms with Gasteiger partial charge in [-0.25, -0.2) is 6.07 Å². The van der Waals surface area contributed by atoms with E-state index in [0.29, 0.717) is 0 Å². The molecule has 78 valence electrons. The molecule has 1 atom stereocenters. The van der Waals surface area contributed by atoms with Gasteiger partial charge in [-0.05, 0) is 17.7 Å². The first-order valence-electron chi connectivity index (χ1n) is 4.85. The van der Waals surface area contributed by atoms with Crippen LogP contribution in [-0.4, -0.2) is 12.2 Å². The van der Waals surface area contributed by atoms with Crippen molar-refractivity contribution in [2.45, 2.75) is 6.10 Å². The number of benzene rings is 1. The van der Waals surface area contributed by atoms with Crippen LogP contribution in [-0.2, 0) is 0 Å². The second-order valence-corrected chi connectivity index (χ2v) is 3.40. The Morgan fingerprint density at radius 2 is 2.13 bits per heavy atom. The Hall–Kier alpha value is -1.67. The number of hydrogen-bond acceptors (Lipinski definition) is 2. The second-order valence-electron chi connectivity index (χ2n) is 3.40. The van der Waals surface area contributed by atoms with E-state index >= 15 is 0 Å². The van der Waals surface area contributed by atoms with Crippen LogP contribution in [0.15, 0.2) is 48.5 Å². The van der Waals surface area contributed by atoms with Crippen molar-refractivity contribution in [1.82, 2.24) is 0 Å². The number of hydrogen-bond donors (Lipinski definition) is 1. The molecule has 0 amide bonds. The van der Waals surface area contributed by atoms with Gasteiger partial charge in [0.1, 0.15) is 5.75 Å². The van der Waals surface area contributed by atoms with Gasteiger partial charge in [0.25, 0.3) is 0 Å². The summed E-state index contributed by atoms with van der Waals surface area (Å²) in [5.74, 6) is 0.762. The van der Waals surface area contributed by atoms with Gasteiger partial charge in [-0.2, -0.15) is 23.8 Å². The third kappa shape index (κ3) is 2.05. The molecule has 0 spiro atoms. The van der Waals surface area contributed by atoms with E-state index in [-0.39, 0.29) is 0 Å². The summed E-state index contributed by atoms with van der Waals surface area (Å²) in [6.07, 6.45) is -0.574. The number of aliphatic hydroxyl groups excluding tert-OH is 1. The molecule has 0 aliphatic rings. The highest BCUT2D eigenvalue weighted by atomic mass is 16.5. The summed E-state index contributed by atoms with van der Waals surface area (Å²) in [6, 6.07) is 15.1. The summed E-state index contributed by atoms with van der Waals surface area (Å²) in [7, 11) is 1.62. The normalized spacial score (nSPS) is 12.4. The van der Waals surface area contributed by atoms with Crippen molar-refractivity contribution in [1.29, 1.82) is 0 Å². The predicted octanol–water partition coefficient (Wildman–Crippen LogP) is 2.50. The van der Waals surface area contributed by atoms with Gasteiger partial charge < -0.3 is 9.84 Å². The van der Waals surface area contributed by atoms with Crippen molar-refractivity contribution >= 4 is 0 Å². The third-order valence-electron chi connectivity index (χ3n) is 2.41. The monoisotopic (exact) mass is 201 g/mol. The van der Waals surface area contributed by atoms with Crippen LogP contribution in [0.4, 0.5) is 0 Å². The van der Waals surface area contributed by atoms with Gasteiger partial charge in [-0.15, -0.1) is 0 Å². The van der Waals surface area contributed by atoms with E-state index in [0.717, 1.165) is 16.9 Å². The quantitative estimate of drug-likeness (QED) is 0.773. The molecule has 0 fully saturated rings. The first kappa shape index (κ1) is 9.87. The molecule has 15 heavy (non-hydrogen) atoms. The van der Waals surface area contributed by atoms with E-state index in [9.17, 15) is 5.11 Å². The SMILES string of the molecule is COc1cccc(C(O)c2cc[cH-]c2)c1. The van der Waals surface area contributed by atoms with Crippen LogP contribution in [0.3, 0.4) is 0 Å². The zero-order valence-corrected chi connectivity index (χ0v) is 8.55. The fourth-order valence-corrected chi connectivity index (χ4v) is 1.58. The standard InChI is InChI=1S/C13H13O2/c1-15-12-8-4-7-11(9-12)13(14)10-5-2-3-6-10/h2-9,13-14H,1H3/q-1. The lowest BCUT2D eigenvalue weighted by atomic mass is 10.0. The summed E-state index contributed by atoms with van der Waals surface area (Å²) in [5, 5.41) is 10.0. The summed E-state index contributed by atoms with van der Waals surface area (Å²) >= 11 is 0. The molecular formula is C13H13O2-. The van der Waals surface area contributed by atoms with Crippen LogP contribution in [0, 0.1) is 0 Å². The number of ether oxygens (including phenoxy) is 1.